The Kier molecular flexibility index (Phi) is 4.21. The lowest BCUT2D eigenvalue weighted by Crippen LogP contribution is -2.15. The highest BCUT2D eigenvalue weighted by atomic mass is 79.9. The number of tetrazole rings is 1. The van der Waals surface area contributed by atoms with Gasteiger partial charge in [-0.1, -0.05) is 22.0 Å². The molecule has 9 heteroatoms. The van der Waals surface area contributed by atoms with E-state index in [4.69, 9.17) is 4.42 Å². The van der Waals surface area contributed by atoms with E-state index in [1.165, 1.54) is 0 Å². The second kappa shape index (κ2) is 6.68. The van der Waals surface area contributed by atoms with Crippen molar-refractivity contribution in [3.05, 3.63) is 52.3 Å². The monoisotopic (exact) mass is 412 g/mol. The first-order chi connectivity index (χ1) is 12.6. The van der Waals surface area contributed by atoms with Crippen LogP contribution in [-0.4, -0.2) is 31.5 Å². The number of amides is 1. The van der Waals surface area contributed by atoms with Gasteiger partial charge in [0.1, 0.15) is 5.52 Å². The summed E-state index contributed by atoms with van der Waals surface area (Å²) in [5.41, 5.74) is 3.58. The summed E-state index contributed by atoms with van der Waals surface area (Å²) in [7, 11) is 0. The van der Waals surface area contributed by atoms with Crippen LogP contribution >= 0.6 is 15.9 Å². The Bertz CT molecular complexity index is 1090. The molecular weight excluding hydrogens is 400 g/mol. The van der Waals surface area contributed by atoms with Crippen molar-refractivity contribution in [1.82, 2.24) is 25.6 Å². The molecule has 4 rings (SSSR count). The highest BCUT2D eigenvalue weighted by molar-refractivity contribution is 9.10. The molecule has 0 spiro atoms. The van der Waals surface area contributed by atoms with Crippen molar-refractivity contribution in [2.75, 3.05) is 5.32 Å². The van der Waals surface area contributed by atoms with Crippen LogP contribution in [0.15, 0.2) is 45.3 Å². The zero-order chi connectivity index (χ0) is 18.1. The summed E-state index contributed by atoms with van der Waals surface area (Å²) in [5.74, 6) is 0.846. The average molecular weight is 413 g/mol. The number of aromatic amines is 1. The first-order valence-electron chi connectivity index (χ1n) is 7.78. The predicted octanol–water partition coefficient (Wildman–Crippen LogP) is 3.26. The third kappa shape index (κ3) is 3.33. The lowest BCUT2D eigenvalue weighted by Gasteiger charge is -2.09. The second-order valence-electron chi connectivity index (χ2n) is 5.69. The molecule has 2 heterocycles. The van der Waals surface area contributed by atoms with Crippen molar-refractivity contribution >= 4 is 38.6 Å². The van der Waals surface area contributed by atoms with Crippen LogP contribution in [0, 0.1) is 6.92 Å². The highest BCUT2D eigenvalue weighted by Gasteiger charge is 2.14. The summed E-state index contributed by atoms with van der Waals surface area (Å²) in [6.07, 6.45) is 0.212. The van der Waals surface area contributed by atoms with Gasteiger partial charge in [0.25, 0.3) is 0 Å². The smallest absolute Gasteiger partial charge is 0.228 e. The first-order valence-corrected chi connectivity index (χ1v) is 8.57. The number of benzene rings is 2. The minimum atomic E-state index is -0.156. The standard InChI is InChI=1S/C17H13BrN6O2/c1-9-19-14-6-10(2-5-15(14)26-9)7-16(25)20-13-4-3-11(18)8-12(13)17-21-23-24-22-17/h2-6,8H,7H2,1H3,(H,20,25)(H,21,22,23,24). The number of anilines is 1. The van der Waals surface area contributed by atoms with Crippen molar-refractivity contribution < 1.29 is 9.21 Å². The van der Waals surface area contributed by atoms with Crippen LogP contribution in [0.3, 0.4) is 0 Å². The van der Waals surface area contributed by atoms with E-state index in [1.807, 2.05) is 30.3 Å². The number of oxazole rings is 1. The first kappa shape index (κ1) is 16.4. The van der Waals surface area contributed by atoms with Gasteiger partial charge in [-0.15, -0.1) is 10.2 Å². The second-order valence-corrected chi connectivity index (χ2v) is 6.60. The Hall–Kier alpha value is -3.07. The summed E-state index contributed by atoms with van der Waals surface area (Å²) >= 11 is 3.41. The largest absolute Gasteiger partial charge is 0.441 e. The lowest BCUT2D eigenvalue weighted by atomic mass is 10.1. The summed E-state index contributed by atoms with van der Waals surface area (Å²) in [6, 6.07) is 11.0. The minimum Gasteiger partial charge on any atom is -0.441 e. The molecular formula is C17H13BrN6O2. The normalized spacial score (nSPS) is 11.0. The van der Waals surface area contributed by atoms with Crippen molar-refractivity contribution in [3.63, 3.8) is 0 Å². The molecule has 2 aromatic carbocycles. The molecule has 8 nitrogen and oxygen atoms in total. The Morgan fingerprint density at radius 1 is 1.27 bits per heavy atom. The van der Waals surface area contributed by atoms with Gasteiger partial charge < -0.3 is 9.73 Å². The third-order valence-electron chi connectivity index (χ3n) is 3.77. The lowest BCUT2D eigenvalue weighted by molar-refractivity contribution is -0.115. The van der Waals surface area contributed by atoms with E-state index in [1.54, 1.807) is 13.0 Å². The maximum atomic E-state index is 12.5. The maximum Gasteiger partial charge on any atom is 0.228 e. The van der Waals surface area contributed by atoms with E-state index in [-0.39, 0.29) is 12.3 Å². The molecule has 130 valence electrons. The fourth-order valence-electron chi connectivity index (χ4n) is 2.66. The molecule has 4 aromatic rings. The summed E-state index contributed by atoms with van der Waals surface area (Å²) < 4.78 is 6.30. The van der Waals surface area contributed by atoms with Crippen LogP contribution in [0.25, 0.3) is 22.5 Å². The molecule has 0 aliphatic rings. The van der Waals surface area contributed by atoms with Crippen molar-refractivity contribution in [3.8, 4) is 11.4 Å². The number of hydrogen-bond acceptors (Lipinski definition) is 6. The van der Waals surface area contributed by atoms with Gasteiger partial charge in [-0.05, 0) is 41.1 Å². The number of carbonyl (C=O) groups excluding carboxylic acids is 1. The number of nitrogens with zero attached hydrogens (tertiary/aromatic N) is 4. The fraction of sp³-hybridized carbons (Fsp3) is 0.118. The van der Waals surface area contributed by atoms with Gasteiger partial charge in [-0.3, -0.25) is 4.79 Å². The number of rotatable bonds is 4. The molecule has 0 radical (unpaired) electrons. The Morgan fingerprint density at radius 2 is 2.15 bits per heavy atom. The topological polar surface area (TPSA) is 110 Å². The number of aromatic nitrogens is 5. The number of halogens is 1. The molecule has 0 fully saturated rings. The number of hydrogen-bond donors (Lipinski definition) is 2. The molecule has 0 saturated carbocycles. The Balaban J connectivity index is 1.56. The van der Waals surface area contributed by atoms with E-state index < -0.39 is 0 Å². The molecule has 0 aliphatic carbocycles. The molecule has 2 N–H and O–H groups in total. The van der Waals surface area contributed by atoms with E-state index >= 15 is 0 Å². The Labute approximate surface area is 156 Å². The van der Waals surface area contributed by atoms with Gasteiger partial charge in [0.2, 0.25) is 11.7 Å². The van der Waals surface area contributed by atoms with Crippen LogP contribution in [0.1, 0.15) is 11.5 Å². The van der Waals surface area contributed by atoms with Crippen LogP contribution in [0.5, 0.6) is 0 Å². The van der Waals surface area contributed by atoms with Gasteiger partial charge in [0.05, 0.1) is 12.1 Å². The summed E-state index contributed by atoms with van der Waals surface area (Å²) in [6.45, 7) is 1.79. The molecule has 1 amide bonds. The Morgan fingerprint density at radius 3 is 2.96 bits per heavy atom. The van der Waals surface area contributed by atoms with Gasteiger partial charge in [-0.25, -0.2) is 4.98 Å². The number of fused-ring (bicyclic) bond motifs is 1. The van der Waals surface area contributed by atoms with Gasteiger partial charge in [0.15, 0.2) is 11.5 Å². The number of aryl methyl sites for hydroxylation is 1. The number of nitrogens with one attached hydrogen (secondary N) is 2. The zero-order valence-corrected chi connectivity index (χ0v) is 15.2. The van der Waals surface area contributed by atoms with E-state index in [9.17, 15) is 4.79 Å². The molecule has 0 atom stereocenters. The quantitative estimate of drug-likeness (QED) is 0.532. The minimum absolute atomic E-state index is 0.156. The van der Waals surface area contributed by atoms with Crippen LogP contribution in [0.2, 0.25) is 0 Å². The van der Waals surface area contributed by atoms with E-state index in [2.05, 4.69) is 46.9 Å². The molecule has 2 aromatic heterocycles. The average Bonchev–Trinajstić information content (AvgIpc) is 3.24. The third-order valence-corrected chi connectivity index (χ3v) is 4.26. The van der Waals surface area contributed by atoms with Gasteiger partial charge in [-0.2, -0.15) is 5.21 Å². The van der Waals surface area contributed by atoms with Gasteiger partial charge in [0, 0.05) is 17.0 Å². The maximum absolute atomic E-state index is 12.5. The highest BCUT2D eigenvalue weighted by Crippen LogP contribution is 2.28. The van der Waals surface area contributed by atoms with E-state index in [0.29, 0.717) is 28.5 Å². The van der Waals surface area contributed by atoms with Gasteiger partial charge >= 0.3 is 0 Å². The molecule has 0 bridgehead atoms. The van der Waals surface area contributed by atoms with Crippen molar-refractivity contribution in [1.29, 1.82) is 0 Å². The predicted molar refractivity (Wildman–Crippen MR) is 98.4 cm³/mol. The van der Waals surface area contributed by atoms with E-state index in [0.717, 1.165) is 15.6 Å². The number of H-pyrrole nitrogens is 1. The van der Waals surface area contributed by atoms with Crippen LogP contribution < -0.4 is 5.32 Å². The summed E-state index contributed by atoms with van der Waals surface area (Å²) in [4.78, 5) is 16.8. The zero-order valence-electron chi connectivity index (χ0n) is 13.7. The molecule has 0 aliphatic heterocycles. The fourth-order valence-corrected chi connectivity index (χ4v) is 3.03. The molecule has 0 unspecified atom stereocenters. The molecule has 26 heavy (non-hydrogen) atoms. The van der Waals surface area contributed by atoms with Crippen molar-refractivity contribution in [2.24, 2.45) is 0 Å². The van der Waals surface area contributed by atoms with Crippen LogP contribution in [0.4, 0.5) is 5.69 Å². The molecule has 0 saturated heterocycles. The van der Waals surface area contributed by atoms with Crippen molar-refractivity contribution in [2.45, 2.75) is 13.3 Å². The number of carbonyl (C=O) groups is 1. The summed E-state index contributed by atoms with van der Waals surface area (Å²) in [5, 5.41) is 16.8. The van der Waals surface area contributed by atoms with Crippen LogP contribution in [-0.2, 0) is 11.2 Å². The SMILES string of the molecule is Cc1nc2cc(CC(=O)Nc3ccc(Br)cc3-c3nn[nH]n3)ccc2o1.